The molecule has 2 aromatic rings. The predicted octanol–water partition coefficient (Wildman–Crippen LogP) is 5.80. The molecule has 0 aliphatic rings. The highest BCUT2D eigenvalue weighted by atomic mass is 79.9. The minimum Gasteiger partial charge on any atom is -0.456 e. The van der Waals surface area contributed by atoms with Gasteiger partial charge >= 0.3 is 0 Å². The van der Waals surface area contributed by atoms with Gasteiger partial charge in [0.25, 0.3) is 0 Å². The van der Waals surface area contributed by atoms with Crippen molar-refractivity contribution in [3.05, 3.63) is 56.2 Å². The van der Waals surface area contributed by atoms with E-state index in [0.29, 0.717) is 27.5 Å². The Hall–Kier alpha value is -0.810. The molecule has 0 atom stereocenters. The van der Waals surface area contributed by atoms with Crippen LogP contribution in [0.3, 0.4) is 0 Å². The molecule has 0 saturated heterocycles. The fourth-order valence-corrected chi connectivity index (χ4v) is 2.61. The van der Waals surface area contributed by atoms with E-state index < -0.39 is 5.82 Å². The number of hydrogen-bond acceptors (Lipinski definition) is 2. The standard InChI is InChI=1S/C15H13BrCl2FNO/c1-2-20-8-9-3-4-10(17)5-14(9)21-15-7-13(19)12(18)6-11(15)16/h3-7,20H,2,8H2,1H3. The fraction of sp³-hybridized carbons (Fsp3) is 0.200. The third kappa shape index (κ3) is 4.33. The van der Waals surface area contributed by atoms with Crippen LogP contribution in [0.15, 0.2) is 34.8 Å². The first-order valence-corrected chi connectivity index (χ1v) is 7.87. The monoisotopic (exact) mass is 391 g/mol. The van der Waals surface area contributed by atoms with Crippen LogP contribution < -0.4 is 10.1 Å². The highest BCUT2D eigenvalue weighted by Crippen LogP contribution is 2.35. The van der Waals surface area contributed by atoms with Crippen LogP contribution in [0.5, 0.6) is 11.5 Å². The average molecular weight is 393 g/mol. The smallest absolute Gasteiger partial charge is 0.145 e. The van der Waals surface area contributed by atoms with E-state index >= 15 is 0 Å². The van der Waals surface area contributed by atoms with Gasteiger partial charge in [0.1, 0.15) is 17.3 Å². The van der Waals surface area contributed by atoms with Crippen LogP contribution in [0.4, 0.5) is 4.39 Å². The van der Waals surface area contributed by atoms with Gasteiger partial charge in [-0.25, -0.2) is 4.39 Å². The van der Waals surface area contributed by atoms with Crippen LogP contribution in [-0.4, -0.2) is 6.54 Å². The topological polar surface area (TPSA) is 21.3 Å². The van der Waals surface area contributed by atoms with Gasteiger partial charge in [-0.15, -0.1) is 0 Å². The summed E-state index contributed by atoms with van der Waals surface area (Å²) < 4.78 is 19.9. The Balaban J connectivity index is 2.34. The summed E-state index contributed by atoms with van der Waals surface area (Å²) >= 11 is 15.0. The molecule has 112 valence electrons. The zero-order chi connectivity index (χ0) is 15.4. The summed E-state index contributed by atoms with van der Waals surface area (Å²) in [7, 11) is 0. The van der Waals surface area contributed by atoms with Crippen LogP contribution in [0, 0.1) is 5.82 Å². The van der Waals surface area contributed by atoms with Gasteiger partial charge in [-0.1, -0.05) is 36.2 Å². The zero-order valence-corrected chi connectivity index (χ0v) is 14.3. The van der Waals surface area contributed by atoms with Crippen LogP contribution in [0.25, 0.3) is 0 Å². The van der Waals surface area contributed by atoms with Gasteiger partial charge in [-0.05, 0) is 40.7 Å². The second kappa shape index (κ2) is 7.45. The van der Waals surface area contributed by atoms with Crippen molar-refractivity contribution in [2.45, 2.75) is 13.5 Å². The van der Waals surface area contributed by atoms with Crippen LogP contribution >= 0.6 is 39.1 Å². The summed E-state index contributed by atoms with van der Waals surface area (Å²) in [4.78, 5) is 0. The second-order valence-corrected chi connectivity index (χ2v) is 6.03. The van der Waals surface area contributed by atoms with Gasteiger partial charge in [-0.3, -0.25) is 0 Å². The van der Waals surface area contributed by atoms with E-state index in [1.807, 2.05) is 13.0 Å². The maximum absolute atomic E-state index is 13.6. The van der Waals surface area contributed by atoms with Crippen molar-refractivity contribution in [3.8, 4) is 11.5 Å². The lowest BCUT2D eigenvalue weighted by Gasteiger charge is -2.13. The van der Waals surface area contributed by atoms with E-state index in [-0.39, 0.29) is 5.02 Å². The molecule has 0 heterocycles. The van der Waals surface area contributed by atoms with Crippen molar-refractivity contribution in [2.75, 3.05) is 6.54 Å². The molecule has 6 heteroatoms. The molecular weight excluding hydrogens is 380 g/mol. The van der Waals surface area contributed by atoms with E-state index in [2.05, 4.69) is 21.2 Å². The van der Waals surface area contributed by atoms with E-state index in [4.69, 9.17) is 27.9 Å². The molecule has 0 spiro atoms. The Bertz CT molecular complexity index is 652. The molecule has 0 radical (unpaired) electrons. The summed E-state index contributed by atoms with van der Waals surface area (Å²) in [6, 6.07) is 8.07. The molecule has 1 N–H and O–H groups in total. The summed E-state index contributed by atoms with van der Waals surface area (Å²) in [5.74, 6) is 0.382. The molecule has 0 aliphatic carbocycles. The Labute approximate surface area is 141 Å². The van der Waals surface area contributed by atoms with Crippen LogP contribution in [-0.2, 0) is 6.54 Å². The molecule has 2 nitrogen and oxygen atoms in total. The van der Waals surface area contributed by atoms with Gasteiger partial charge in [0, 0.05) is 23.2 Å². The van der Waals surface area contributed by atoms with Gasteiger partial charge in [-0.2, -0.15) is 0 Å². The Morgan fingerprint density at radius 2 is 1.95 bits per heavy atom. The predicted molar refractivity (Wildman–Crippen MR) is 88.0 cm³/mol. The number of nitrogens with one attached hydrogen (secondary N) is 1. The van der Waals surface area contributed by atoms with Crippen LogP contribution in [0.1, 0.15) is 12.5 Å². The van der Waals surface area contributed by atoms with Crippen molar-refractivity contribution in [1.29, 1.82) is 0 Å². The Morgan fingerprint density at radius 3 is 2.67 bits per heavy atom. The van der Waals surface area contributed by atoms with Crippen molar-refractivity contribution in [1.82, 2.24) is 5.32 Å². The average Bonchev–Trinajstić information content (AvgIpc) is 2.44. The van der Waals surface area contributed by atoms with E-state index in [9.17, 15) is 4.39 Å². The normalized spacial score (nSPS) is 10.7. The molecule has 0 bridgehead atoms. The minimum atomic E-state index is -0.537. The third-order valence-electron chi connectivity index (χ3n) is 2.79. The zero-order valence-electron chi connectivity index (χ0n) is 11.2. The largest absolute Gasteiger partial charge is 0.456 e. The molecule has 21 heavy (non-hydrogen) atoms. The van der Waals surface area contributed by atoms with E-state index in [1.54, 1.807) is 12.1 Å². The van der Waals surface area contributed by atoms with Gasteiger partial charge in [0.15, 0.2) is 0 Å². The first kappa shape index (κ1) is 16.6. The molecule has 0 amide bonds. The highest BCUT2D eigenvalue weighted by Gasteiger charge is 2.12. The highest BCUT2D eigenvalue weighted by molar-refractivity contribution is 9.10. The molecule has 2 rings (SSSR count). The lowest BCUT2D eigenvalue weighted by Crippen LogP contribution is -2.12. The molecule has 0 saturated carbocycles. The number of hydrogen-bond donors (Lipinski definition) is 1. The summed E-state index contributed by atoms with van der Waals surface area (Å²) in [6.07, 6.45) is 0. The van der Waals surface area contributed by atoms with Gasteiger partial charge in [0.2, 0.25) is 0 Å². The lowest BCUT2D eigenvalue weighted by atomic mass is 10.2. The lowest BCUT2D eigenvalue weighted by molar-refractivity contribution is 0.465. The first-order chi connectivity index (χ1) is 10.0. The molecule has 0 fully saturated rings. The fourth-order valence-electron chi connectivity index (χ4n) is 1.73. The molecular formula is C15H13BrCl2FNO. The van der Waals surface area contributed by atoms with Gasteiger partial charge < -0.3 is 10.1 Å². The third-order valence-corrected chi connectivity index (χ3v) is 3.93. The van der Waals surface area contributed by atoms with Gasteiger partial charge in [0.05, 0.1) is 9.50 Å². The maximum atomic E-state index is 13.6. The summed E-state index contributed by atoms with van der Waals surface area (Å²) in [5, 5.41) is 3.80. The molecule has 0 aromatic heterocycles. The number of halogens is 4. The van der Waals surface area contributed by atoms with E-state index in [0.717, 1.165) is 12.1 Å². The van der Waals surface area contributed by atoms with Crippen LogP contribution in [0.2, 0.25) is 10.0 Å². The quantitative estimate of drug-likeness (QED) is 0.649. The Morgan fingerprint density at radius 1 is 1.19 bits per heavy atom. The Kier molecular flexibility index (Phi) is 5.88. The van der Waals surface area contributed by atoms with Crippen molar-refractivity contribution in [2.24, 2.45) is 0 Å². The van der Waals surface area contributed by atoms with E-state index in [1.165, 1.54) is 12.1 Å². The SMILES string of the molecule is CCNCc1ccc(Cl)cc1Oc1cc(F)c(Cl)cc1Br. The first-order valence-electron chi connectivity index (χ1n) is 6.32. The number of rotatable bonds is 5. The maximum Gasteiger partial charge on any atom is 0.145 e. The summed E-state index contributed by atoms with van der Waals surface area (Å²) in [5.41, 5.74) is 0.934. The number of ether oxygens (including phenoxy) is 1. The summed E-state index contributed by atoms with van der Waals surface area (Å²) in [6.45, 7) is 3.49. The molecule has 0 unspecified atom stereocenters. The second-order valence-electron chi connectivity index (χ2n) is 4.33. The van der Waals surface area contributed by atoms with Crippen molar-refractivity contribution in [3.63, 3.8) is 0 Å². The molecule has 0 aliphatic heterocycles. The minimum absolute atomic E-state index is 0.0354. The van der Waals surface area contributed by atoms with Crippen molar-refractivity contribution >= 4 is 39.1 Å². The van der Waals surface area contributed by atoms with Crippen molar-refractivity contribution < 1.29 is 9.13 Å². The molecule has 2 aromatic carbocycles. The number of benzene rings is 2.